The summed E-state index contributed by atoms with van der Waals surface area (Å²) in [4.78, 5) is 0. The van der Waals surface area contributed by atoms with Crippen molar-refractivity contribution in [1.29, 1.82) is 0 Å². The monoisotopic (exact) mass is 250 g/mol. The van der Waals surface area contributed by atoms with E-state index in [2.05, 4.69) is 0 Å². The smallest absolute Gasteiger partial charge is 0.167 e. The second kappa shape index (κ2) is 5.46. The maximum absolute atomic E-state index is 13.2. The molecule has 0 amide bonds. The molecule has 0 spiro atoms. The Morgan fingerprint density at radius 2 is 2.12 bits per heavy atom. The van der Waals surface area contributed by atoms with Crippen LogP contribution in [0.3, 0.4) is 0 Å². The molecule has 0 saturated heterocycles. The highest BCUT2D eigenvalue weighted by atomic mass is 35.5. The van der Waals surface area contributed by atoms with E-state index < -0.39 is 17.0 Å². The lowest BCUT2D eigenvalue weighted by atomic mass is 9.96. The van der Waals surface area contributed by atoms with Gasteiger partial charge in [0.2, 0.25) is 0 Å². The first-order valence-corrected chi connectivity index (χ1v) is 5.29. The fourth-order valence-corrected chi connectivity index (χ4v) is 1.13. The summed E-state index contributed by atoms with van der Waals surface area (Å²) in [6.45, 7) is 1.61. The van der Waals surface area contributed by atoms with Crippen molar-refractivity contribution < 1.29 is 18.6 Å². The number of aliphatic hydroxyl groups is 1. The van der Waals surface area contributed by atoms with E-state index in [-0.39, 0.29) is 24.8 Å². The minimum atomic E-state index is -0.769. The van der Waals surface area contributed by atoms with Crippen LogP contribution < -0.4 is 4.74 Å². The van der Waals surface area contributed by atoms with Gasteiger partial charge in [0.05, 0.1) is 13.2 Å². The number of rotatable bonds is 5. The lowest BCUT2D eigenvalue weighted by molar-refractivity contribution is 0.0980. The minimum absolute atomic E-state index is 0.0498. The fourth-order valence-electron chi connectivity index (χ4n) is 0.971. The van der Waals surface area contributed by atoms with Crippen LogP contribution in [0, 0.1) is 17.0 Å². The average Bonchev–Trinajstić information content (AvgIpc) is 2.27. The molecule has 1 N–H and O–H groups in total. The summed E-state index contributed by atoms with van der Waals surface area (Å²) in [5.74, 6) is -1.29. The molecule has 0 bridgehead atoms. The second-order valence-corrected chi connectivity index (χ2v) is 4.23. The van der Waals surface area contributed by atoms with Gasteiger partial charge in [-0.3, -0.25) is 0 Å². The van der Waals surface area contributed by atoms with E-state index >= 15 is 0 Å². The van der Waals surface area contributed by atoms with Crippen LogP contribution in [-0.4, -0.2) is 24.2 Å². The van der Waals surface area contributed by atoms with E-state index in [1.54, 1.807) is 6.92 Å². The van der Waals surface area contributed by atoms with Crippen LogP contribution in [0.15, 0.2) is 18.2 Å². The molecule has 1 atom stereocenters. The molecule has 1 unspecified atom stereocenters. The highest BCUT2D eigenvalue weighted by Crippen LogP contribution is 2.23. The van der Waals surface area contributed by atoms with Gasteiger partial charge < -0.3 is 9.84 Å². The van der Waals surface area contributed by atoms with Gasteiger partial charge in [0.15, 0.2) is 11.6 Å². The number of aliphatic hydroxyl groups excluding tert-OH is 1. The van der Waals surface area contributed by atoms with Crippen LogP contribution in [0.25, 0.3) is 0 Å². The Kier molecular flexibility index (Phi) is 4.50. The minimum Gasteiger partial charge on any atom is -0.490 e. The lowest BCUT2D eigenvalue weighted by Crippen LogP contribution is -2.31. The maximum atomic E-state index is 13.2. The molecular formula is C11H13ClF2O2. The summed E-state index contributed by atoms with van der Waals surface area (Å²) < 4.78 is 30.9. The fraction of sp³-hybridized carbons (Fsp3) is 0.455. The predicted molar refractivity (Wildman–Crippen MR) is 57.8 cm³/mol. The molecular weight excluding hydrogens is 238 g/mol. The quantitative estimate of drug-likeness (QED) is 0.814. The van der Waals surface area contributed by atoms with Gasteiger partial charge in [0.1, 0.15) is 5.82 Å². The van der Waals surface area contributed by atoms with E-state index in [9.17, 15) is 8.78 Å². The first kappa shape index (κ1) is 13.2. The zero-order chi connectivity index (χ0) is 12.2. The Balaban J connectivity index is 2.67. The van der Waals surface area contributed by atoms with Gasteiger partial charge in [-0.25, -0.2) is 8.78 Å². The third-order valence-corrected chi connectivity index (χ3v) is 2.82. The topological polar surface area (TPSA) is 29.5 Å². The van der Waals surface area contributed by atoms with Crippen LogP contribution in [0.5, 0.6) is 5.75 Å². The van der Waals surface area contributed by atoms with Crippen LogP contribution in [0.2, 0.25) is 0 Å². The van der Waals surface area contributed by atoms with E-state index in [1.165, 1.54) is 6.07 Å². The molecule has 1 rings (SSSR count). The maximum Gasteiger partial charge on any atom is 0.167 e. The second-order valence-electron chi connectivity index (χ2n) is 3.97. The van der Waals surface area contributed by atoms with Gasteiger partial charge in [-0.05, 0) is 12.1 Å². The normalized spacial score (nSPS) is 14.6. The number of hydrogen-bond acceptors (Lipinski definition) is 2. The van der Waals surface area contributed by atoms with Gasteiger partial charge >= 0.3 is 0 Å². The molecule has 1 aromatic carbocycles. The molecule has 0 aliphatic rings. The Bertz CT molecular complexity index is 354. The SMILES string of the molecule is CC(CO)(CCl)COc1ccc(F)cc1F. The van der Waals surface area contributed by atoms with Gasteiger partial charge in [0.25, 0.3) is 0 Å². The van der Waals surface area contributed by atoms with E-state index in [1.807, 2.05) is 0 Å². The molecule has 5 heteroatoms. The summed E-state index contributed by atoms with van der Waals surface area (Å²) >= 11 is 5.65. The van der Waals surface area contributed by atoms with E-state index in [4.69, 9.17) is 21.4 Å². The van der Waals surface area contributed by atoms with E-state index in [0.29, 0.717) is 0 Å². The summed E-state index contributed by atoms with van der Waals surface area (Å²) in [5, 5.41) is 9.06. The van der Waals surface area contributed by atoms with Crippen molar-refractivity contribution in [2.24, 2.45) is 5.41 Å². The van der Waals surface area contributed by atoms with Crippen molar-refractivity contribution in [2.45, 2.75) is 6.92 Å². The third-order valence-electron chi connectivity index (χ3n) is 2.17. The summed E-state index contributed by atoms with van der Waals surface area (Å²) in [6, 6.07) is 3.05. The molecule has 0 saturated carbocycles. The van der Waals surface area contributed by atoms with Crippen LogP contribution in [0.1, 0.15) is 6.92 Å². The number of hydrogen-bond donors (Lipinski definition) is 1. The molecule has 0 heterocycles. The van der Waals surface area contributed by atoms with Crippen LogP contribution >= 0.6 is 11.6 Å². The Morgan fingerprint density at radius 3 is 2.62 bits per heavy atom. The predicted octanol–water partition coefficient (Wildman–Crippen LogP) is 2.58. The highest BCUT2D eigenvalue weighted by Gasteiger charge is 2.23. The largest absolute Gasteiger partial charge is 0.490 e. The Labute approximate surface area is 97.8 Å². The Morgan fingerprint density at radius 1 is 1.44 bits per heavy atom. The van der Waals surface area contributed by atoms with Crippen molar-refractivity contribution in [3.8, 4) is 5.75 Å². The molecule has 16 heavy (non-hydrogen) atoms. The Hall–Kier alpha value is -0.870. The molecule has 0 aliphatic carbocycles. The van der Waals surface area contributed by atoms with Gasteiger partial charge in [0, 0.05) is 17.4 Å². The number of benzene rings is 1. The first-order valence-electron chi connectivity index (χ1n) is 4.75. The zero-order valence-corrected chi connectivity index (χ0v) is 9.60. The summed E-state index contributed by atoms with van der Waals surface area (Å²) in [7, 11) is 0. The van der Waals surface area contributed by atoms with Gasteiger partial charge in [-0.15, -0.1) is 11.6 Å². The molecule has 1 aromatic rings. The average molecular weight is 251 g/mol. The first-order chi connectivity index (χ1) is 7.50. The molecule has 0 aromatic heterocycles. The van der Waals surface area contributed by atoms with Crippen molar-refractivity contribution in [3.63, 3.8) is 0 Å². The van der Waals surface area contributed by atoms with Crippen molar-refractivity contribution >= 4 is 11.6 Å². The van der Waals surface area contributed by atoms with Crippen molar-refractivity contribution in [2.75, 3.05) is 19.1 Å². The standard InChI is InChI=1S/C11H13ClF2O2/c1-11(5-12,6-15)7-16-10-3-2-8(13)4-9(10)14/h2-4,15H,5-7H2,1H3. The molecule has 90 valence electrons. The molecule has 2 nitrogen and oxygen atoms in total. The molecule has 0 aliphatic heterocycles. The number of ether oxygens (including phenoxy) is 1. The summed E-state index contributed by atoms with van der Waals surface area (Å²) in [6.07, 6.45) is 0. The van der Waals surface area contributed by atoms with Crippen LogP contribution in [0.4, 0.5) is 8.78 Å². The van der Waals surface area contributed by atoms with Gasteiger partial charge in [-0.2, -0.15) is 0 Å². The highest BCUT2D eigenvalue weighted by molar-refractivity contribution is 6.18. The zero-order valence-electron chi connectivity index (χ0n) is 8.84. The molecule has 0 fully saturated rings. The van der Waals surface area contributed by atoms with Crippen molar-refractivity contribution in [3.05, 3.63) is 29.8 Å². The van der Waals surface area contributed by atoms with Gasteiger partial charge in [-0.1, -0.05) is 6.92 Å². The molecule has 0 radical (unpaired) electrons. The summed E-state index contributed by atoms with van der Waals surface area (Å²) in [5.41, 5.74) is -0.637. The van der Waals surface area contributed by atoms with Crippen molar-refractivity contribution in [1.82, 2.24) is 0 Å². The number of halogens is 3. The lowest BCUT2D eigenvalue weighted by Gasteiger charge is -2.24. The van der Waals surface area contributed by atoms with Crippen LogP contribution in [-0.2, 0) is 0 Å². The van der Waals surface area contributed by atoms with E-state index in [0.717, 1.165) is 12.1 Å². The third kappa shape index (κ3) is 3.32. The number of alkyl halides is 1.